The first-order valence-corrected chi connectivity index (χ1v) is 7.13. The third kappa shape index (κ3) is 2.72. The lowest BCUT2D eigenvalue weighted by molar-refractivity contribution is 0.644. The molecule has 0 bridgehead atoms. The summed E-state index contributed by atoms with van der Waals surface area (Å²) < 4.78 is 0.963. The minimum atomic E-state index is -0.0596. The second-order valence-electron chi connectivity index (χ2n) is 3.73. The van der Waals surface area contributed by atoms with Crippen molar-refractivity contribution in [1.29, 1.82) is 0 Å². The van der Waals surface area contributed by atoms with Crippen LogP contribution in [0.25, 0.3) is 0 Å². The molecule has 1 aromatic heterocycles. The highest BCUT2D eigenvalue weighted by Gasteiger charge is 2.18. The average Bonchev–Trinajstić information content (AvgIpc) is 2.69. The summed E-state index contributed by atoms with van der Waals surface area (Å²) in [5.74, 6) is 5.66. The van der Waals surface area contributed by atoms with Crippen LogP contribution in [0.2, 0.25) is 5.02 Å². The Kier molecular flexibility index (Phi) is 4.22. The second-order valence-corrected chi connectivity index (χ2v) is 6.00. The molecule has 5 heteroatoms. The van der Waals surface area contributed by atoms with Crippen molar-refractivity contribution < 1.29 is 0 Å². The van der Waals surface area contributed by atoms with Gasteiger partial charge < -0.3 is 0 Å². The molecule has 0 radical (unpaired) electrons. The molecule has 1 heterocycles. The smallest absolute Gasteiger partial charge is 0.0819 e. The molecular formula is C12H12BrClN2S. The maximum atomic E-state index is 6.25. The third-order valence-electron chi connectivity index (χ3n) is 2.60. The Labute approximate surface area is 118 Å². The van der Waals surface area contributed by atoms with Gasteiger partial charge in [-0.05, 0) is 41.6 Å². The number of hydrazine groups is 1. The summed E-state index contributed by atoms with van der Waals surface area (Å²) in [5, 5.41) is 2.76. The van der Waals surface area contributed by atoms with E-state index in [0.717, 1.165) is 10.0 Å². The van der Waals surface area contributed by atoms with Gasteiger partial charge >= 0.3 is 0 Å². The maximum absolute atomic E-state index is 6.25. The Morgan fingerprint density at radius 2 is 2.18 bits per heavy atom. The molecule has 0 aliphatic rings. The van der Waals surface area contributed by atoms with Gasteiger partial charge in [-0.15, -0.1) is 11.3 Å². The largest absolute Gasteiger partial charge is 0.271 e. The van der Waals surface area contributed by atoms with Crippen LogP contribution in [0.3, 0.4) is 0 Å². The summed E-state index contributed by atoms with van der Waals surface area (Å²) in [7, 11) is 0. The second kappa shape index (κ2) is 5.50. The van der Waals surface area contributed by atoms with Crippen LogP contribution in [0, 0.1) is 6.92 Å². The Morgan fingerprint density at radius 3 is 2.71 bits per heavy atom. The highest BCUT2D eigenvalue weighted by molar-refractivity contribution is 9.10. The molecule has 2 aromatic rings. The number of nitrogens with one attached hydrogen (secondary N) is 1. The molecule has 1 unspecified atom stereocenters. The number of hydrogen-bond acceptors (Lipinski definition) is 3. The molecule has 0 saturated heterocycles. The van der Waals surface area contributed by atoms with Crippen molar-refractivity contribution in [2.45, 2.75) is 13.0 Å². The van der Waals surface area contributed by atoms with Crippen molar-refractivity contribution in [3.05, 3.63) is 55.1 Å². The topological polar surface area (TPSA) is 38.0 Å². The van der Waals surface area contributed by atoms with Gasteiger partial charge in [-0.3, -0.25) is 5.84 Å². The van der Waals surface area contributed by atoms with Crippen LogP contribution in [0.1, 0.15) is 22.0 Å². The molecule has 1 aromatic carbocycles. The van der Waals surface area contributed by atoms with Crippen molar-refractivity contribution in [2.75, 3.05) is 0 Å². The third-order valence-corrected chi connectivity index (χ3v) is 4.51. The zero-order valence-corrected chi connectivity index (χ0v) is 12.4. The molecule has 0 spiro atoms. The van der Waals surface area contributed by atoms with Crippen molar-refractivity contribution in [3.63, 3.8) is 0 Å². The average molecular weight is 332 g/mol. The zero-order chi connectivity index (χ0) is 12.4. The van der Waals surface area contributed by atoms with Crippen molar-refractivity contribution in [3.8, 4) is 0 Å². The van der Waals surface area contributed by atoms with Crippen LogP contribution in [-0.4, -0.2) is 0 Å². The standard InChI is InChI=1S/C12H12BrClN2S/c1-7-4-5-17-12(7)11(16-15)9-3-2-8(13)6-10(9)14/h2-6,11,16H,15H2,1H3. The van der Waals surface area contributed by atoms with Gasteiger partial charge in [-0.2, -0.15) is 0 Å². The summed E-state index contributed by atoms with van der Waals surface area (Å²) in [6, 6.07) is 7.85. The Morgan fingerprint density at radius 1 is 1.41 bits per heavy atom. The fraction of sp³-hybridized carbons (Fsp3) is 0.167. The number of aryl methyl sites for hydroxylation is 1. The maximum Gasteiger partial charge on any atom is 0.0819 e. The van der Waals surface area contributed by atoms with E-state index in [1.165, 1.54) is 10.4 Å². The van der Waals surface area contributed by atoms with Crippen molar-refractivity contribution >= 4 is 38.9 Å². The Bertz CT molecular complexity index is 527. The van der Waals surface area contributed by atoms with Gasteiger partial charge in [-0.1, -0.05) is 33.6 Å². The molecule has 0 aliphatic carbocycles. The molecule has 0 aliphatic heterocycles. The van der Waals surface area contributed by atoms with E-state index in [-0.39, 0.29) is 6.04 Å². The predicted octanol–water partition coefficient (Wildman–Crippen LogP) is 4.03. The lowest BCUT2D eigenvalue weighted by atomic mass is 10.0. The number of rotatable bonds is 3. The molecule has 90 valence electrons. The molecular weight excluding hydrogens is 320 g/mol. The van der Waals surface area contributed by atoms with Gasteiger partial charge in [-0.25, -0.2) is 5.43 Å². The number of nitrogens with two attached hydrogens (primary N) is 1. The van der Waals surface area contributed by atoms with E-state index in [2.05, 4.69) is 39.7 Å². The van der Waals surface area contributed by atoms with E-state index in [1.54, 1.807) is 11.3 Å². The Hall–Kier alpha value is -0.390. The van der Waals surface area contributed by atoms with E-state index in [0.29, 0.717) is 5.02 Å². The molecule has 1 atom stereocenters. The minimum Gasteiger partial charge on any atom is -0.271 e. The predicted molar refractivity (Wildman–Crippen MR) is 77.4 cm³/mol. The first kappa shape index (κ1) is 13.1. The summed E-state index contributed by atoms with van der Waals surface area (Å²) >= 11 is 11.3. The fourth-order valence-electron chi connectivity index (χ4n) is 1.72. The highest BCUT2D eigenvalue weighted by Crippen LogP contribution is 2.33. The van der Waals surface area contributed by atoms with E-state index in [9.17, 15) is 0 Å². The van der Waals surface area contributed by atoms with Crippen LogP contribution in [-0.2, 0) is 0 Å². The monoisotopic (exact) mass is 330 g/mol. The van der Waals surface area contributed by atoms with E-state index >= 15 is 0 Å². The molecule has 3 N–H and O–H groups in total. The van der Waals surface area contributed by atoms with Crippen LogP contribution >= 0.6 is 38.9 Å². The number of hydrogen-bond donors (Lipinski definition) is 2. The molecule has 17 heavy (non-hydrogen) atoms. The summed E-state index contributed by atoms with van der Waals surface area (Å²) in [4.78, 5) is 1.19. The minimum absolute atomic E-state index is 0.0596. The van der Waals surface area contributed by atoms with E-state index < -0.39 is 0 Å². The van der Waals surface area contributed by atoms with Crippen LogP contribution in [0.4, 0.5) is 0 Å². The van der Waals surface area contributed by atoms with Gasteiger partial charge in [0, 0.05) is 14.4 Å². The van der Waals surface area contributed by atoms with Gasteiger partial charge in [0.2, 0.25) is 0 Å². The first-order chi connectivity index (χ1) is 8.13. The van der Waals surface area contributed by atoms with Gasteiger partial charge in [0.05, 0.1) is 6.04 Å². The molecule has 2 rings (SSSR count). The van der Waals surface area contributed by atoms with Crippen molar-refractivity contribution in [2.24, 2.45) is 5.84 Å². The fourth-order valence-corrected chi connectivity index (χ4v) is 3.51. The van der Waals surface area contributed by atoms with Gasteiger partial charge in [0.1, 0.15) is 0 Å². The number of halogens is 2. The Balaban J connectivity index is 2.46. The summed E-state index contributed by atoms with van der Waals surface area (Å²) in [5.41, 5.74) is 5.04. The van der Waals surface area contributed by atoms with Gasteiger partial charge in [0.25, 0.3) is 0 Å². The van der Waals surface area contributed by atoms with Gasteiger partial charge in [0.15, 0.2) is 0 Å². The lowest BCUT2D eigenvalue weighted by Gasteiger charge is -2.17. The molecule has 2 nitrogen and oxygen atoms in total. The normalized spacial score (nSPS) is 12.7. The quantitative estimate of drug-likeness (QED) is 0.658. The summed E-state index contributed by atoms with van der Waals surface area (Å²) in [6.07, 6.45) is 0. The van der Waals surface area contributed by atoms with Crippen LogP contribution in [0.5, 0.6) is 0 Å². The zero-order valence-electron chi connectivity index (χ0n) is 9.21. The van der Waals surface area contributed by atoms with E-state index in [1.807, 2.05) is 18.2 Å². The summed E-state index contributed by atoms with van der Waals surface area (Å²) in [6.45, 7) is 2.07. The first-order valence-electron chi connectivity index (χ1n) is 5.08. The van der Waals surface area contributed by atoms with Crippen LogP contribution < -0.4 is 11.3 Å². The molecule has 0 amide bonds. The van der Waals surface area contributed by atoms with Crippen molar-refractivity contribution in [1.82, 2.24) is 5.43 Å². The number of benzene rings is 1. The number of thiophene rings is 1. The van der Waals surface area contributed by atoms with E-state index in [4.69, 9.17) is 17.4 Å². The molecule has 0 saturated carbocycles. The SMILES string of the molecule is Cc1ccsc1C(NN)c1ccc(Br)cc1Cl. The van der Waals surface area contributed by atoms with Crippen LogP contribution in [0.15, 0.2) is 34.1 Å². The highest BCUT2D eigenvalue weighted by atomic mass is 79.9. The lowest BCUT2D eigenvalue weighted by Crippen LogP contribution is -2.28. The molecule has 0 fully saturated rings.